The van der Waals surface area contributed by atoms with Gasteiger partial charge < -0.3 is 74.6 Å². The van der Waals surface area contributed by atoms with E-state index in [2.05, 4.69) is 10.6 Å². The second-order valence-corrected chi connectivity index (χ2v) is 19.0. The molecule has 3 heterocycles. The van der Waals surface area contributed by atoms with Crippen LogP contribution in [0.2, 0.25) is 0 Å². The van der Waals surface area contributed by atoms with E-state index in [1.54, 1.807) is 41.5 Å². The standard InChI is InChI=1S/C43H82N4O13.CH2O2/c1-15-31-43(11,54)35(49)28(7)47(19-17-18-45-40(52)44-16-2)23-24(3)21-41(9,53)37(60-39-33(48)30(46(12)13)20-25(4)56-39)26(5)34(27(6)38(51)58-31)59-32-22-42(10,55-14)36(50)29(8)57-32;2-1-3/h24-37,39,48-50,53-54H,15-23H2,1-14H3,(H2,44,45,52);1H,(H,2,3)/t24-,25-,26+,27-,28-,29+,30+,31-,32+,33-,34+,35-,36+,37-,39+,41-,42-,43-;/m1./s1. The number of nitrogens with one attached hydrogen (secondary N) is 2. The summed E-state index contributed by atoms with van der Waals surface area (Å²) in [6.45, 7) is 20.7. The molecule has 0 aromatic rings. The highest BCUT2D eigenvalue weighted by atomic mass is 16.7. The Morgan fingerprint density at radius 3 is 2.14 bits per heavy atom. The maximum absolute atomic E-state index is 14.4. The topological polar surface area (TPSA) is 259 Å². The van der Waals surface area contributed by atoms with E-state index in [0.29, 0.717) is 39.0 Å². The minimum atomic E-state index is -1.89. The monoisotopic (exact) mass is 909 g/mol. The second-order valence-electron chi connectivity index (χ2n) is 19.0. The van der Waals surface area contributed by atoms with Crippen molar-refractivity contribution in [3.63, 3.8) is 0 Å². The minimum absolute atomic E-state index is 0.108. The van der Waals surface area contributed by atoms with E-state index in [1.165, 1.54) is 14.0 Å². The molecular weight excluding hydrogens is 824 g/mol. The van der Waals surface area contributed by atoms with E-state index in [0.717, 1.165) is 0 Å². The summed E-state index contributed by atoms with van der Waals surface area (Å²) in [6, 6.07) is -1.24. The lowest BCUT2D eigenvalue weighted by atomic mass is 9.77. The number of likely N-dealkylation sites (N-methyl/N-ethyl adjacent to an activating group) is 1. The van der Waals surface area contributed by atoms with Crippen molar-refractivity contribution in [2.75, 3.05) is 47.4 Å². The first-order chi connectivity index (χ1) is 29.3. The van der Waals surface area contributed by atoms with Gasteiger partial charge in [0.1, 0.15) is 30.0 Å². The molecule has 3 rings (SSSR count). The highest BCUT2D eigenvalue weighted by molar-refractivity contribution is 5.73. The number of carbonyl (C=O) groups excluding carboxylic acids is 2. The average Bonchev–Trinajstić information content (AvgIpc) is 3.20. The fraction of sp³-hybridized carbons (Fsp3) is 0.932. The van der Waals surface area contributed by atoms with Gasteiger partial charge in [0.25, 0.3) is 6.47 Å². The second kappa shape index (κ2) is 25.0. The third kappa shape index (κ3) is 15.1. The smallest absolute Gasteiger partial charge is 0.314 e. The SMILES string of the molecule is CCNC(=O)NCCCN1C[C@H](C)C[C@@](C)(O)[C@H](O[C@@H]2O[C@H](C)C[C@H](N(C)C)[C@H]2O)[C@@H](C)[C@H](O[C@H]2C[C@@](C)(OC)[C@@H](O)[C@H](C)O2)[C@@H](C)C(=O)O[C@H](CC)[C@@](C)(O)[C@H](O)[C@H]1C.O=CO. The number of aliphatic hydroxyl groups excluding tert-OH is 3. The van der Waals surface area contributed by atoms with Gasteiger partial charge in [0.2, 0.25) is 0 Å². The molecule has 3 aliphatic rings. The molecule has 0 spiro atoms. The summed E-state index contributed by atoms with van der Waals surface area (Å²) in [5, 5.41) is 71.8. The molecule has 3 fully saturated rings. The largest absolute Gasteiger partial charge is 0.483 e. The van der Waals surface area contributed by atoms with Crippen molar-refractivity contribution >= 4 is 18.5 Å². The van der Waals surface area contributed by atoms with Crippen LogP contribution in [0, 0.1) is 17.8 Å². The van der Waals surface area contributed by atoms with Crippen LogP contribution in [-0.2, 0) is 38.0 Å². The first-order valence-electron chi connectivity index (χ1n) is 22.6. The summed E-state index contributed by atoms with van der Waals surface area (Å²) < 4.78 is 37.9. The Morgan fingerprint density at radius 2 is 1.59 bits per heavy atom. The summed E-state index contributed by atoms with van der Waals surface area (Å²) in [4.78, 5) is 38.9. The van der Waals surface area contributed by atoms with Gasteiger partial charge in [-0.3, -0.25) is 14.5 Å². The third-order valence-corrected chi connectivity index (χ3v) is 13.3. The summed E-state index contributed by atoms with van der Waals surface area (Å²) in [6.07, 6.45) is -8.32. The summed E-state index contributed by atoms with van der Waals surface area (Å²) in [5.74, 6) is -2.81. The number of hydrogen-bond acceptors (Lipinski definition) is 16. The van der Waals surface area contributed by atoms with E-state index in [9.17, 15) is 35.1 Å². The predicted molar refractivity (Wildman–Crippen MR) is 234 cm³/mol. The molecule has 3 aliphatic heterocycles. The van der Waals surface area contributed by atoms with Crippen molar-refractivity contribution < 1.29 is 73.4 Å². The molecule has 63 heavy (non-hydrogen) atoms. The highest BCUT2D eigenvalue weighted by Crippen LogP contribution is 2.40. The summed E-state index contributed by atoms with van der Waals surface area (Å²) in [5.41, 5.74) is -4.58. The lowest BCUT2D eigenvalue weighted by Crippen LogP contribution is -2.60. The average molecular weight is 909 g/mol. The summed E-state index contributed by atoms with van der Waals surface area (Å²) in [7, 11) is 5.25. The predicted octanol–water partition coefficient (Wildman–Crippen LogP) is 1.68. The van der Waals surface area contributed by atoms with Crippen LogP contribution in [0.25, 0.3) is 0 Å². The van der Waals surface area contributed by atoms with Crippen molar-refractivity contribution in [3.05, 3.63) is 0 Å². The fourth-order valence-electron chi connectivity index (χ4n) is 9.61. The molecule has 19 nitrogen and oxygen atoms in total. The molecule has 0 unspecified atom stereocenters. The zero-order valence-electron chi connectivity index (χ0n) is 40.4. The Bertz CT molecular complexity index is 1390. The van der Waals surface area contributed by atoms with Crippen LogP contribution in [0.15, 0.2) is 0 Å². The van der Waals surface area contributed by atoms with Crippen LogP contribution in [-0.4, -0.2) is 197 Å². The number of hydrogen-bond donors (Lipinski definition) is 8. The molecule has 18 atom stereocenters. The molecule has 0 radical (unpaired) electrons. The molecule has 370 valence electrons. The van der Waals surface area contributed by atoms with Crippen LogP contribution < -0.4 is 10.6 Å². The number of carbonyl (C=O) groups is 3. The van der Waals surface area contributed by atoms with Crippen molar-refractivity contribution in [1.82, 2.24) is 20.4 Å². The van der Waals surface area contributed by atoms with Gasteiger partial charge in [0.05, 0.1) is 41.5 Å². The zero-order valence-corrected chi connectivity index (χ0v) is 40.4. The Morgan fingerprint density at radius 1 is 0.968 bits per heavy atom. The lowest BCUT2D eigenvalue weighted by Gasteiger charge is -2.48. The molecule has 19 heteroatoms. The Kier molecular flexibility index (Phi) is 22.6. The Balaban J connectivity index is 0.00000442. The van der Waals surface area contributed by atoms with Gasteiger partial charge in [-0.15, -0.1) is 0 Å². The quantitative estimate of drug-likeness (QED) is 0.0787. The molecule has 2 amide bonds. The van der Waals surface area contributed by atoms with Gasteiger partial charge in [-0.1, -0.05) is 20.8 Å². The minimum Gasteiger partial charge on any atom is -0.483 e. The number of urea groups is 1. The molecule has 8 N–H and O–H groups in total. The number of carboxylic acid groups (broad SMARTS) is 1. The van der Waals surface area contributed by atoms with Gasteiger partial charge in [0.15, 0.2) is 12.6 Å². The van der Waals surface area contributed by atoms with E-state index in [4.69, 9.17) is 38.3 Å². The van der Waals surface area contributed by atoms with Gasteiger partial charge in [-0.05, 0) is 101 Å². The maximum Gasteiger partial charge on any atom is 0.314 e. The van der Waals surface area contributed by atoms with Crippen LogP contribution in [0.3, 0.4) is 0 Å². The highest BCUT2D eigenvalue weighted by Gasteiger charge is 2.53. The van der Waals surface area contributed by atoms with Crippen molar-refractivity contribution in [1.29, 1.82) is 0 Å². The number of ether oxygens (including phenoxy) is 6. The molecular formula is C44H84N4O15. The summed E-state index contributed by atoms with van der Waals surface area (Å²) >= 11 is 0. The molecule has 0 bridgehead atoms. The van der Waals surface area contributed by atoms with E-state index >= 15 is 0 Å². The fourth-order valence-corrected chi connectivity index (χ4v) is 9.61. The van der Waals surface area contributed by atoms with Crippen molar-refractivity contribution in [2.24, 2.45) is 17.8 Å². The first kappa shape index (κ1) is 56.9. The first-order valence-corrected chi connectivity index (χ1v) is 22.6. The van der Waals surface area contributed by atoms with E-state index in [1.807, 2.05) is 51.6 Å². The number of cyclic esters (lactones) is 1. The van der Waals surface area contributed by atoms with Crippen molar-refractivity contribution in [2.45, 2.75) is 199 Å². The van der Waals surface area contributed by atoms with Gasteiger partial charge >= 0.3 is 12.0 Å². The number of nitrogens with zero attached hydrogens (tertiary/aromatic N) is 2. The van der Waals surface area contributed by atoms with Crippen LogP contribution >= 0.6 is 0 Å². The molecule has 0 aliphatic carbocycles. The molecule has 0 saturated carbocycles. The third-order valence-electron chi connectivity index (χ3n) is 13.3. The maximum atomic E-state index is 14.4. The molecule has 0 aromatic heterocycles. The van der Waals surface area contributed by atoms with E-state index < -0.39 is 96.0 Å². The number of rotatable bonds is 12. The van der Waals surface area contributed by atoms with Gasteiger partial charge in [-0.2, -0.15) is 0 Å². The zero-order chi connectivity index (χ0) is 48.2. The number of amides is 2. The Labute approximate surface area is 375 Å². The van der Waals surface area contributed by atoms with Crippen LogP contribution in [0.4, 0.5) is 4.79 Å². The van der Waals surface area contributed by atoms with Crippen molar-refractivity contribution in [3.8, 4) is 0 Å². The lowest BCUT2D eigenvalue weighted by molar-refractivity contribution is -0.318. The van der Waals surface area contributed by atoms with E-state index in [-0.39, 0.29) is 49.8 Å². The van der Waals surface area contributed by atoms with Crippen LogP contribution in [0.5, 0.6) is 0 Å². The molecule has 3 saturated heterocycles. The van der Waals surface area contributed by atoms with Gasteiger partial charge in [0, 0.05) is 57.7 Å². The number of aliphatic hydroxyl groups is 5. The number of methoxy groups -OCH3 is 1. The molecule has 0 aromatic carbocycles. The Hall–Kier alpha value is -2.27. The normalized spacial score (nSPS) is 42.5. The van der Waals surface area contributed by atoms with Crippen LogP contribution in [0.1, 0.15) is 108 Å². The van der Waals surface area contributed by atoms with Gasteiger partial charge in [-0.25, -0.2) is 4.79 Å². The number of esters is 1.